The maximum Gasteiger partial charge on any atom is 0.377 e. The lowest BCUT2D eigenvalue weighted by Gasteiger charge is -2.20. The lowest BCUT2D eigenvalue weighted by Crippen LogP contribution is -2.41. The third kappa shape index (κ3) is 3.49. The minimum atomic E-state index is -1.18. The third-order valence-corrected chi connectivity index (χ3v) is 4.22. The van der Waals surface area contributed by atoms with Gasteiger partial charge in [0.25, 0.3) is 0 Å². The Morgan fingerprint density at radius 3 is 2.38 bits per heavy atom. The molecule has 0 atom stereocenters. The van der Waals surface area contributed by atoms with E-state index < -0.39 is 35.0 Å². The Labute approximate surface area is 162 Å². The Morgan fingerprint density at radius 2 is 1.79 bits per heavy atom. The van der Waals surface area contributed by atoms with Crippen LogP contribution in [0.5, 0.6) is 0 Å². The fraction of sp³-hybridized carbons (Fsp3) is 0.167. The molecule has 1 N–H and O–H groups in total. The molecule has 150 valence electrons. The van der Waals surface area contributed by atoms with Gasteiger partial charge < -0.3 is 5.11 Å². The van der Waals surface area contributed by atoms with Gasteiger partial charge in [-0.05, 0) is 54.1 Å². The van der Waals surface area contributed by atoms with E-state index >= 15 is 0 Å². The molecule has 0 aliphatic carbocycles. The normalized spacial score (nSPS) is 10.8. The largest absolute Gasteiger partial charge is 0.478 e. The Hall–Kier alpha value is -3.89. The number of carbonyl (C=O) groups excluding carboxylic acids is 1. The number of hydrogen-bond acceptors (Lipinski definition) is 5. The first kappa shape index (κ1) is 19.9. The van der Waals surface area contributed by atoms with Crippen LogP contribution in [0.1, 0.15) is 22.8 Å². The molecule has 29 heavy (non-hydrogen) atoms. The molecule has 1 amide bonds. The number of carboxylic acids is 1. The van der Waals surface area contributed by atoms with E-state index in [0.29, 0.717) is 14.9 Å². The number of tetrazole rings is 1. The quantitative estimate of drug-likeness (QED) is 0.669. The van der Waals surface area contributed by atoms with Crippen LogP contribution in [-0.2, 0) is 0 Å². The van der Waals surface area contributed by atoms with Crippen LogP contribution in [0.2, 0.25) is 0 Å². The van der Waals surface area contributed by atoms with Crippen molar-refractivity contribution in [3.05, 3.63) is 69.6 Å². The minimum absolute atomic E-state index is 0.0156. The second kappa shape index (κ2) is 7.62. The zero-order valence-electron chi connectivity index (χ0n) is 15.3. The highest BCUT2D eigenvalue weighted by molar-refractivity contribution is 5.96. The summed E-state index contributed by atoms with van der Waals surface area (Å²) in [5.74, 6) is -3.28. The number of aromatic carboxylic acids is 1. The molecule has 3 aromatic rings. The van der Waals surface area contributed by atoms with Crippen molar-refractivity contribution in [2.24, 2.45) is 0 Å². The maximum absolute atomic E-state index is 13.9. The van der Waals surface area contributed by atoms with Crippen molar-refractivity contribution >= 4 is 17.7 Å². The molecule has 1 heterocycles. The summed E-state index contributed by atoms with van der Waals surface area (Å²) in [7, 11) is 0. The summed E-state index contributed by atoms with van der Waals surface area (Å²) in [6.07, 6.45) is 0. The summed E-state index contributed by atoms with van der Waals surface area (Å²) in [6.45, 7) is 3.27. The molecule has 0 aliphatic rings. The molecule has 0 bridgehead atoms. The summed E-state index contributed by atoms with van der Waals surface area (Å²) in [5, 5.41) is 16.1. The van der Waals surface area contributed by atoms with Crippen molar-refractivity contribution in [3.63, 3.8) is 0 Å². The average molecular weight is 403 g/mol. The second-order valence-corrected chi connectivity index (χ2v) is 5.99. The number of nitrogens with zero attached hydrogens (tertiary/aromatic N) is 5. The number of carbonyl (C=O) groups is 2. The minimum Gasteiger partial charge on any atom is -0.478 e. The Bertz CT molecular complexity index is 1150. The van der Waals surface area contributed by atoms with Gasteiger partial charge in [0.1, 0.15) is 5.69 Å². The number of carboxylic acid groups (broad SMARTS) is 1. The van der Waals surface area contributed by atoms with Crippen molar-refractivity contribution in [2.75, 3.05) is 11.4 Å². The number of amides is 1. The molecule has 0 spiro atoms. The number of aromatic nitrogens is 4. The van der Waals surface area contributed by atoms with Gasteiger partial charge in [0.15, 0.2) is 11.6 Å². The zero-order valence-corrected chi connectivity index (χ0v) is 15.3. The lowest BCUT2D eigenvalue weighted by atomic mass is 10.1. The molecule has 0 aliphatic heterocycles. The van der Waals surface area contributed by atoms with E-state index in [1.165, 1.54) is 18.2 Å². The van der Waals surface area contributed by atoms with Crippen molar-refractivity contribution in [2.45, 2.75) is 13.8 Å². The third-order valence-electron chi connectivity index (χ3n) is 4.22. The van der Waals surface area contributed by atoms with Crippen molar-refractivity contribution in [3.8, 4) is 5.69 Å². The van der Waals surface area contributed by atoms with Crippen LogP contribution >= 0.6 is 0 Å². The van der Waals surface area contributed by atoms with E-state index in [9.17, 15) is 28.3 Å². The number of benzene rings is 2. The predicted molar refractivity (Wildman–Crippen MR) is 97.5 cm³/mol. The maximum atomic E-state index is 13.9. The smallest absolute Gasteiger partial charge is 0.377 e. The van der Waals surface area contributed by atoms with E-state index in [2.05, 4.69) is 10.4 Å². The van der Waals surface area contributed by atoms with Gasteiger partial charge in [0, 0.05) is 12.2 Å². The van der Waals surface area contributed by atoms with Crippen molar-refractivity contribution < 1.29 is 23.5 Å². The SMILES string of the molecule is CCN(C(=O)n1nnn(-c2c(F)cccc2F)c1=O)c1ccc(C)c(C(=O)O)c1. The van der Waals surface area contributed by atoms with Crippen LogP contribution in [0.25, 0.3) is 5.69 Å². The van der Waals surface area contributed by atoms with Crippen molar-refractivity contribution in [1.29, 1.82) is 0 Å². The number of halogens is 2. The van der Waals surface area contributed by atoms with Crippen LogP contribution in [0, 0.1) is 18.6 Å². The van der Waals surface area contributed by atoms with Gasteiger partial charge in [0.2, 0.25) is 0 Å². The van der Waals surface area contributed by atoms with Crippen molar-refractivity contribution in [1.82, 2.24) is 19.8 Å². The Kier molecular flexibility index (Phi) is 5.22. The van der Waals surface area contributed by atoms with Gasteiger partial charge in [0.05, 0.1) is 5.56 Å². The van der Waals surface area contributed by atoms with Gasteiger partial charge in [-0.1, -0.05) is 12.1 Å². The molecule has 3 rings (SSSR count). The Morgan fingerprint density at radius 1 is 1.14 bits per heavy atom. The molecular formula is C18H15F2N5O4. The molecule has 1 aromatic heterocycles. The van der Waals surface area contributed by atoms with Crippen LogP contribution in [0.4, 0.5) is 19.3 Å². The second-order valence-electron chi connectivity index (χ2n) is 5.99. The van der Waals surface area contributed by atoms with E-state index in [4.69, 9.17) is 0 Å². The lowest BCUT2D eigenvalue weighted by molar-refractivity contribution is 0.0696. The number of hydrogen-bond donors (Lipinski definition) is 1. The summed E-state index contributed by atoms with van der Waals surface area (Å²) in [6, 6.07) is 6.34. The highest BCUT2D eigenvalue weighted by atomic mass is 19.1. The fourth-order valence-corrected chi connectivity index (χ4v) is 2.75. The number of para-hydroxylation sites is 1. The molecule has 0 fully saturated rings. The summed E-state index contributed by atoms with van der Waals surface area (Å²) in [5.41, 5.74) is -1.26. The standard InChI is InChI=1S/C18H15F2N5O4/c1-3-23(11-8-7-10(2)12(9-11)16(26)27)17(28)25-18(29)24(21-22-25)15-13(19)5-4-6-14(15)20/h4-9H,3H2,1-2H3,(H,26,27). The first-order valence-electron chi connectivity index (χ1n) is 8.41. The van der Waals surface area contributed by atoms with Crippen LogP contribution in [-0.4, -0.2) is 43.4 Å². The van der Waals surface area contributed by atoms with Gasteiger partial charge in [-0.15, -0.1) is 4.68 Å². The topological polar surface area (TPSA) is 110 Å². The molecular weight excluding hydrogens is 388 g/mol. The van der Waals surface area contributed by atoms with E-state index in [-0.39, 0.29) is 17.8 Å². The van der Waals surface area contributed by atoms with Crippen LogP contribution < -0.4 is 10.6 Å². The molecule has 0 radical (unpaired) electrons. The van der Waals surface area contributed by atoms with Gasteiger partial charge >= 0.3 is 17.7 Å². The molecule has 0 unspecified atom stereocenters. The van der Waals surface area contributed by atoms with Crippen LogP contribution in [0.15, 0.2) is 41.2 Å². The summed E-state index contributed by atoms with van der Waals surface area (Å²) in [4.78, 5) is 37.8. The Balaban J connectivity index is 2.05. The summed E-state index contributed by atoms with van der Waals surface area (Å²) < 4.78 is 28.6. The van der Waals surface area contributed by atoms with Gasteiger partial charge in [-0.3, -0.25) is 4.90 Å². The average Bonchev–Trinajstić information content (AvgIpc) is 3.04. The van der Waals surface area contributed by atoms with Gasteiger partial charge in [-0.25, -0.2) is 23.2 Å². The molecule has 9 nitrogen and oxygen atoms in total. The highest BCUT2D eigenvalue weighted by Crippen LogP contribution is 2.20. The monoisotopic (exact) mass is 403 g/mol. The number of rotatable bonds is 4. The molecule has 0 saturated heterocycles. The van der Waals surface area contributed by atoms with E-state index in [1.807, 2.05) is 0 Å². The van der Waals surface area contributed by atoms with Crippen LogP contribution in [0.3, 0.4) is 0 Å². The molecule has 2 aromatic carbocycles. The highest BCUT2D eigenvalue weighted by Gasteiger charge is 2.25. The van der Waals surface area contributed by atoms with E-state index in [0.717, 1.165) is 23.1 Å². The van der Waals surface area contributed by atoms with E-state index in [1.54, 1.807) is 13.8 Å². The first-order valence-corrected chi connectivity index (χ1v) is 8.41. The zero-order chi connectivity index (χ0) is 21.3. The fourth-order valence-electron chi connectivity index (χ4n) is 2.75. The predicted octanol–water partition coefficient (Wildman–Crippen LogP) is 2.21. The first-order chi connectivity index (χ1) is 13.8. The molecule has 0 saturated carbocycles. The summed E-state index contributed by atoms with van der Waals surface area (Å²) >= 11 is 0. The molecule has 11 heteroatoms. The number of aryl methyl sites for hydroxylation is 1. The van der Waals surface area contributed by atoms with Gasteiger partial charge in [-0.2, -0.15) is 4.68 Å². The number of anilines is 1.